The highest BCUT2D eigenvalue weighted by Crippen LogP contribution is 2.47. The van der Waals surface area contributed by atoms with Crippen LogP contribution in [0.3, 0.4) is 0 Å². The van der Waals surface area contributed by atoms with Crippen LogP contribution in [0.1, 0.15) is 30.5 Å². The van der Waals surface area contributed by atoms with Crippen LogP contribution in [-0.2, 0) is 0 Å². The fraction of sp³-hybridized carbons (Fsp3) is 0.0469. The van der Waals surface area contributed by atoms with Crippen molar-refractivity contribution in [3.05, 3.63) is 222 Å². The van der Waals surface area contributed by atoms with E-state index in [1.165, 1.54) is 102 Å². The van der Waals surface area contributed by atoms with Crippen LogP contribution in [0.2, 0.25) is 0 Å². The molecule has 14 aromatic rings. The van der Waals surface area contributed by atoms with Crippen LogP contribution in [0.15, 0.2) is 211 Å². The minimum absolute atomic E-state index is 0.189. The van der Waals surface area contributed by atoms with Crippen molar-refractivity contribution in [1.82, 2.24) is 8.97 Å². The third-order valence-electron chi connectivity index (χ3n) is 14.5. The lowest BCUT2D eigenvalue weighted by Gasteiger charge is -2.22. The molecule has 0 amide bonds. The van der Waals surface area contributed by atoms with Gasteiger partial charge in [0.2, 0.25) is 0 Å². The molecule has 326 valence electrons. The molecule has 4 nitrogen and oxygen atoms in total. The second kappa shape index (κ2) is 15.3. The molecule has 0 saturated heterocycles. The lowest BCUT2D eigenvalue weighted by Crippen LogP contribution is -2.16. The zero-order valence-electron chi connectivity index (χ0n) is 38.2. The molecule has 0 fully saturated rings. The maximum Gasteiger partial charge on any atom is 0.0867 e. The highest BCUT2D eigenvalue weighted by Gasteiger charge is 2.26. The van der Waals surface area contributed by atoms with Crippen LogP contribution in [0.25, 0.3) is 125 Å². The average molecular weight is 901 g/mol. The number of rotatable bonds is 4. The molecule has 10 aromatic carbocycles. The molecular weight excluding hydrogens is 857 g/mol. The Bertz CT molecular complexity index is 4540. The molecule has 0 atom stereocenters. The van der Waals surface area contributed by atoms with Gasteiger partial charge < -0.3 is 14.7 Å². The highest BCUT2D eigenvalue weighted by molar-refractivity contribution is 7.26. The lowest BCUT2D eigenvalue weighted by molar-refractivity contribution is 1.07. The predicted octanol–water partition coefficient (Wildman–Crippen LogP) is 17.0. The molecule has 69 heavy (non-hydrogen) atoms. The maximum absolute atomic E-state index is 6.26. The summed E-state index contributed by atoms with van der Waals surface area (Å²) >= 11 is 1.89. The zero-order chi connectivity index (χ0) is 45.9. The van der Waals surface area contributed by atoms with Gasteiger partial charge in [0.05, 0.1) is 45.7 Å². The lowest BCUT2D eigenvalue weighted by atomic mass is 9.89. The van der Waals surface area contributed by atoms with Crippen LogP contribution in [-0.4, -0.2) is 21.3 Å². The standard InChI is InChI=1S/C62H38N4S.C2H6/c63-35-64-60-42-16-7-5-12-37(42)21-25-48(60)61(38-13-2-1-3-14-38)65-52-28-23-39(33-49(52)57-41-15-6-4-11-36(41)22-29-53(57)65)40-24-31-55-50(34-40)59-45-26-30-54-58(44(45)27-32-56(59)67-55)47-19-10-18-46-43-17-8-9-20-51(43)66(54)62(46)47;1-2/h1-34H,35,63H2;1-2H3/b61-48-,64-60-;. The number of thiophene rings is 1. The van der Waals surface area contributed by atoms with E-state index in [2.05, 4.69) is 215 Å². The first kappa shape index (κ1) is 39.8. The van der Waals surface area contributed by atoms with Gasteiger partial charge in [-0.15, -0.1) is 11.3 Å². The zero-order valence-corrected chi connectivity index (χ0v) is 39.0. The monoisotopic (exact) mass is 900 g/mol. The van der Waals surface area contributed by atoms with E-state index in [0.717, 1.165) is 44.7 Å². The summed E-state index contributed by atoms with van der Waals surface area (Å²) in [5, 5.41) is 15.4. The summed E-state index contributed by atoms with van der Waals surface area (Å²) in [6.07, 6.45) is 4.44. The topological polar surface area (TPSA) is 47.7 Å². The van der Waals surface area contributed by atoms with Gasteiger partial charge >= 0.3 is 0 Å². The summed E-state index contributed by atoms with van der Waals surface area (Å²) < 4.78 is 7.56. The van der Waals surface area contributed by atoms with Crippen molar-refractivity contribution in [3.63, 3.8) is 0 Å². The number of hydrogen-bond donors (Lipinski definition) is 1. The Hall–Kier alpha value is -8.35. The molecule has 1 aliphatic carbocycles. The van der Waals surface area contributed by atoms with Gasteiger partial charge in [-0.3, -0.25) is 4.99 Å². The smallest absolute Gasteiger partial charge is 0.0867 e. The highest BCUT2D eigenvalue weighted by atomic mass is 32.1. The third kappa shape index (κ3) is 5.63. The molecule has 4 aromatic heterocycles. The van der Waals surface area contributed by atoms with Gasteiger partial charge in [0.1, 0.15) is 0 Å². The predicted molar refractivity (Wildman–Crippen MR) is 299 cm³/mol. The molecule has 15 rings (SSSR count). The summed E-state index contributed by atoms with van der Waals surface area (Å²) in [4.78, 5) is 5.00. The van der Waals surface area contributed by atoms with Gasteiger partial charge in [-0.25, -0.2) is 0 Å². The van der Waals surface area contributed by atoms with Crippen molar-refractivity contribution in [2.45, 2.75) is 13.8 Å². The van der Waals surface area contributed by atoms with Crippen molar-refractivity contribution < 1.29 is 0 Å². The Morgan fingerprint density at radius 2 is 1.14 bits per heavy atom. The largest absolute Gasteiger partial charge is 0.312 e. The maximum atomic E-state index is 6.26. The molecule has 4 heterocycles. The van der Waals surface area contributed by atoms with E-state index in [-0.39, 0.29) is 6.67 Å². The Morgan fingerprint density at radius 3 is 2.03 bits per heavy atom. The molecular formula is C64H44N4S. The minimum Gasteiger partial charge on any atom is -0.312 e. The van der Waals surface area contributed by atoms with E-state index in [4.69, 9.17) is 10.7 Å². The molecule has 0 spiro atoms. The number of para-hydroxylation sites is 2. The first-order chi connectivity index (χ1) is 34.2. The number of benzene rings is 10. The second-order valence-corrected chi connectivity index (χ2v) is 18.9. The Morgan fingerprint density at radius 1 is 0.478 bits per heavy atom. The van der Waals surface area contributed by atoms with Crippen LogP contribution < -0.4 is 5.73 Å². The van der Waals surface area contributed by atoms with Gasteiger partial charge in [0, 0.05) is 63.6 Å². The first-order valence-electron chi connectivity index (χ1n) is 24.0. The fourth-order valence-corrected chi connectivity index (χ4v) is 12.8. The number of aromatic nitrogens is 2. The van der Waals surface area contributed by atoms with Crippen LogP contribution in [0, 0.1) is 0 Å². The quantitative estimate of drug-likeness (QED) is 0.188. The van der Waals surface area contributed by atoms with Crippen molar-refractivity contribution in [2.24, 2.45) is 10.7 Å². The summed E-state index contributed by atoms with van der Waals surface area (Å²) in [5.74, 6) is 0. The van der Waals surface area contributed by atoms with Crippen LogP contribution in [0.4, 0.5) is 0 Å². The molecule has 5 heteroatoms. The number of fused-ring (bicyclic) bond motifs is 18. The van der Waals surface area contributed by atoms with Crippen LogP contribution in [0.5, 0.6) is 0 Å². The number of hydrogen-bond acceptors (Lipinski definition) is 3. The number of aliphatic imine (C=N–C) groups is 1. The van der Waals surface area contributed by atoms with E-state index in [1.807, 2.05) is 25.2 Å². The number of nitrogens with two attached hydrogens (primary N) is 1. The Kier molecular flexibility index (Phi) is 8.85. The van der Waals surface area contributed by atoms with E-state index in [9.17, 15) is 0 Å². The molecule has 0 radical (unpaired) electrons. The fourth-order valence-electron chi connectivity index (χ4n) is 11.7. The number of nitrogens with zero attached hydrogens (tertiary/aromatic N) is 3. The van der Waals surface area contributed by atoms with Gasteiger partial charge in [0.25, 0.3) is 0 Å². The first-order valence-corrected chi connectivity index (χ1v) is 24.8. The van der Waals surface area contributed by atoms with E-state index in [1.54, 1.807) is 0 Å². The summed E-state index contributed by atoms with van der Waals surface area (Å²) in [6.45, 7) is 4.19. The number of allylic oxidation sites excluding steroid dienone is 2. The van der Waals surface area contributed by atoms with E-state index < -0.39 is 0 Å². The SMILES string of the molecule is CC.NC/N=C1\C(=C(\c2ccccc2)n2c3ccc(-c4ccc5sc6ccc7c(ccc8c7c7cccc9c%10ccccc%10n8c97)c6c5c4)cc3c3c4ccccc4ccc32)C=Cc2ccccc21. The van der Waals surface area contributed by atoms with Crippen LogP contribution >= 0.6 is 11.3 Å². The van der Waals surface area contributed by atoms with Crippen molar-refractivity contribution >= 4 is 130 Å². The summed E-state index contributed by atoms with van der Waals surface area (Å²) in [5.41, 5.74) is 21.1. The molecule has 1 aliphatic rings. The normalized spacial score (nSPS) is 14.2. The van der Waals surface area contributed by atoms with Crippen molar-refractivity contribution in [1.29, 1.82) is 0 Å². The summed E-state index contributed by atoms with van der Waals surface area (Å²) in [6, 6.07) is 71.8. The van der Waals surface area contributed by atoms with Gasteiger partial charge in [-0.1, -0.05) is 172 Å². The van der Waals surface area contributed by atoms with Crippen molar-refractivity contribution in [3.8, 4) is 11.1 Å². The van der Waals surface area contributed by atoms with Gasteiger partial charge in [-0.2, -0.15) is 0 Å². The molecule has 0 aliphatic heterocycles. The van der Waals surface area contributed by atoms with E-state index in [0.29, 0.717) is 0 Å². The van der Waals surface area contributed by atoms with Gasteiger partial charge in [0.15, 0.2) is 0 Å². The average Bonchev–Trinajstić information content (AvgIpc) is 4.16. The van der Waals surface area contributed by atoms with E-state index >= 15 is 0 Å². The minimum atomic E-state index is 0.189. The molecule has 0 saturated carbocycles. The Balaban J connectivity index is 0.00000221. The molecule has 0 unspecified atom stereocenters. The summed E-state index contributed by atoms with van der Waals surface area (Å²) in [7, 11) is 0. The van der Waals surface area contributed by atoms with Gasteiger partial charge in [-0.05, 0) is 92.3 Å². The molecule has 2 N–H and O–H groups in total. The second-order valence-electron chi connectivity index (χ2n) is 17.8. The third-order valence-corrected chi connectivity index (χ3v) is 15.6. The van der Waals surface area contributed by atoms with Crippen molar-refractivity contribution in [2.75, 3.05) is 6.67 Å². The Labute approximate surface area is 402 Å². The molecule has 0 bridgehead atoms.